The fraction of sp³-hybridized carbons (Fsp3) is 0.667. The molecule has 0 spiro atoms. The van der Waals surface area contributed by atoms with Gasteiger partial charge in [0.2, 0.25) is 0 Å². The Labute approximate surface area is 87.3 Å². The lowest BCUT2D eigenvalue weighted by Gasteiger charge is -2.16. The number of hydrogen-bond donors (Lipinski definition) is 0. The van der Waals surface area contributed by atoms with Crippen LogP contribution >= 0.6 is 0 Å². The second kappa shape index (κ2) is 4.84. The van der Waals surface area contributed by atoms with Gasteiger partial charge in [-0.2, -0.15) is 17.6 Å². The molecule has 0 unspecified atom stereocenters. The summed E-state index contributed by atoms with van der Waals surface area (Å²) in [6.45, 7) is 0. The molecule has 0 aliphatic carbocycles. The molecule has 0 bridgehead atoms. The zero-order valence-electron chi connectivity index (χ0n) is 7.40. The van der Waals surface area contributed by atoms with Crippen LogP contribution in [0.3, 0.4) is 0 Å². The first-order valence-corrected chi connectivity index (χ1v) is 3.52. The van der Waals surface area contributed by atoms with E-state index < -0.39 is 36.6 Å². The first-order valence-electron chi connectivity index (χ1n) is 3.52. The van der Waals surface area contributed by atoms with E-state index >= 15 is 0 Å². The third-order valence-electron chi connectivity index (χ3n) is 1.28. The van der Waals surface area contributed by atoms with Gasteiger partial charge in [-0.05, 0) is 0 Å². The molecular weight excluding hydrogens is 272 g/mol. The highest BCUT2D eigenvalue weighted by Crippen LogP contribution is 2.28. The van der Waals surface area contributed by atoms with Crippen molar-refractivity contribution in [2.45, 2.75) is 24.7 Å². The summed E-state index contributed by atoms with van der Waals surface area (Å²) in [7, 11) is 0. The van der Waals surface area contributed by atoms with Crippen molar-refractivity contribution >= 4 is 11.9 Å². The summed E-state index contributed by atoms with van der Waals surface area (Å²) in [5.74, 6) is -17.8. The van der Waals surface area contributed by atoms with Gasteiger partial charge in [0.15, 0.2) is 0 Å². The van der Waals surface area contributed by atoms with E-state index in [1.807, 2.05) is 0 Å². The Morgan fingerprint density at radius 1 is 0.765 bits per heavy atom. The van der Waals surface area contributed by atoms with Gasteiger partial charge >= 0.3 is 36.6 Å². The van der Waals surface area contributed by atoms with Crippen LogP contribution in [0, 0.1) is 0 Å². The molecule has 0 heterocycles. The summed E-state index contributed by atoms with van der Waals surface area (Å²) < 4.78 is 96.8. The lowest BCUT2D eigenvalue weighted by molar-refractivity contribution is -0.214. The molecule has 0 atom stereocenters. The fourth-order valence-electron chi connectivity index (χ4n) is 0.398. The van der Waals surface area contributed by atoms with Crippen LogP contribution in [0.2, 0.25) is 0 Å². The number of rotatable bonds is 4. The predicted octanol–water partition coefficient (Wildman–Crippen LogP) is 1.86. The number of carbonyl (C=O) groups excluding carboxylic acids is 2. The topological polar surface area (TPSA) is 43.4 Å². The van der Waals surface area contributed by atoms with Gasteiger partial charge in [-0.3, -0.25) is 0 Å². The van der Waals surface area contributed by atoms with E-state index in [1.54, 1.807) is 0 Å². The van der Waals surface area contributed by atoms with Gasteiger partial charge < -0.3 is 4.74 Å². The zero-order valence-corrected chi connectivity index (χ0v) is 7.40. The van der Waals surface area contributed by atoms with Gasteiger partial charge in [0, 0.05) is 0 Å². The van der Waals surface area contributed by atoms with E-state index in [0.717, 1.165) is 0 Å². The Hall–Kier alpha value is -1.42. The van der Waals surface area contributed by atoms with Crippen molar-refractivity contribution < 1.29 is 49.4 Å². The molecule has 0 saturated heterocycles. The Kier molecular flexibility index (Phi) is 4.43. The van der Waals surface area contributed by atoms with Crippen molar-refractivity contribution in [1.29, 1.82) is 0 Å². The maximum Gasteiger partial charge on any atom is 0.402 e. The molecule has 0 aliphatic rings. The molecule has 0 rings (SSSR count). The van der Waals surface area contributed by atoms with E-state index in [0.29, 0.717) is 0 Å². The highest BCUT2D eigenvalue weighted by Gasteiger charge is 2.57. The summed E-state index contributed by atoms with van der Waals surface area (Å²) in [6.07, 6.45) is -9.27. The zero-order chi connectivity index (χ0) is 14.0. The van der Waals surface area contributed by atoms with Crippen molar-refractivity contribution in [3.05, 3.63) is 0 Å². The van der Waals surface area contributed by atoms with Gasteiger partial charge in [0.1, 0.15) is 0 Å². The molecule has 0 aromatic heterocycles. The van der Waals surface area contributed by atoms with Crippen molar-refractivity contribution in [1.82, 2.24) is 0 Å². The SMILES string of the molecule is O=C(OC(=O)C(F)(F)C(F)F)C(F)(F)C(F)F. The third-order valence-corrected chi connectivity index (χ3v) is 1.28. The fourth-order valence-corrected chi connectivity index (χ4v) is 0.398. The molecule has 0 aromatic rings. The number of esters is 2. The minimum atomic E-state index is -5.55. The normalized spacial score (nSPS) is 13.1. The van der Waals surface area contributed by atoms with Gasteiger partial charge in [0.05, 0.1) is 0 Å². The third kappa shape index (κ3) is 3.27. The molecular formula is C6H2F8O3. The number of alkyl halides is 8. The average molecular weight is 274 g/mol. The smallest absolute Gasteiger partial charge is 0.384 e. The van der Waals surface area contributed by atoms with Crippen molar-refractivity contribution in [3.8, 4) is 0 Å². The summed E-state index contributed by atoms with van der Waals surface area (Å²) >= 11 is 0. The van der Waals surface area contributed by atoms with Gasteiger partial charge in [0.25, 0.3) is 0 Å². The number of carbonyl (C=O) groups is 2. The average Bonchev–Trinajstić information content (AvgIpc) is 2.16. The van der Waals surface area contributed by atoms with Crippen molar-refractivity contribution in [2.24, 2.45) is 0 Å². The molecule has 3 nitrogen and oxygen atoms in total. The first kappa shape index (κ1) is 15.6. The first-order chi connectivity index (χ1) is 7.44. The van der Waals surface area contributed by atoms with Crippen LogP contribution in [0.15, 0.2) is 0 Å². The van der Waals surface area contributed by atoms with Gasteiger partial charge in [-0.15, -0.1) is 0 Å². The minimum absolute atomic E-state index is 2.56. The summed E-state index contributed by atoms with van der Waals surface area (Å²) in [4.78, 5) is 20.3. The Bertz CT molecular complexity index is 282. The summed E-state index contributed by atoms with van der Waals surface area (Å²) in [5.41, 5.74) is 0. The maximum atomic E-state index is 12.1. The largest absolute Gasteiger partial charge is 0.402 e. The second-order valence-corrected chi connectivity index (χ2v) is 2.52. The van der Waals surface area contributed by atoms with E-state index in [1.165, 1.54) is 0 Å². The molecule has 17 heavy (non-hydrogen) atoms. The minimum Gasteiger partial charge on any atom is -0.384 e. The van der Waals surface area contributed by atoms with E-state index in [-0.39, 0.29) is 0 Å². The molecule has 0 saturated carbocycles. The van der Waals surface area contributed by atoms with Crippen LogP contribution in [0.25, 0.3) is 0 Å². The molecule has 0 fully saturated rings. The molecule has 11 heteroatoms. The van der Waals surface area contributed by atoms with Gasteiger partial charge in [-0.1, -0.05) is 0 Å². The molecule has 0 radical (unpaired) electrons. The highest BCUT2D eigenvalue weighted by molar-refractivity contribution is 5.92. The quantitative estimate of drug-likeness (QED) is 0.446. The molecule has 0 amide bonds. The van der Waals surface area contributed by atoms with Gasteiger partial charge in [-0.25, -0.2) is 27.2 Å². The lowest BCUT2D eigenvalue weighted by Crippen LogP contribution is -2.45. The highest BCUT2D eigenvalue weighted by atomic mass is 19.3. The van der Waals surface area contributed by atoms with Crippen LogP contribution in [0.4, 0.5) is 35.1 Å². The predicted molar refractivity (Wildman–Crippen MR) is 33.0 cm³/mol. The van der Waals surface area contributed by atoms with Crippen LogP contribution in [0.1, 0.15) is 0 Å². The Balaban J connectivity index is 4.78. The molecule has 100 valence electrons. The summed E-state index contributed by atoms with van der Waals surface area (Å²) in [5, 5.41) is 0. The monoisotopic (exact) mass is 274 g/mol. The molecule has 0 N–H and O–H groups in total. The maximum absolute atomic E-state index is 12.1. The van der Waals surface area contributed by atoms with E-state index in [4.69, 9.17) is 0 Å². The van der Waals surface area contributed by atoms with E-state index in [9.17, 15) is 44.7 Å². The second-order valence-electron chi connectivity index (χ2n) is 2.52. The van der Waals surface area contributed by atoms with Crippen molar-refractivity contribution in [2.75, 3.05) is 0 Å². The Morgan fingerprint density at radius 2 is 1.00 bits per heavy atom. The van der Waals surface area contributed by atoms with Crippen LogP contribution in [0.5, 0.6) is 0 Å². The van der Waals surface area contributed by atoms with E-state index in [2.05, 4.69) is 4.74 Å². The number of halogens is 8. The van der Waals surface area contributed by atoms with Crippen LogP contribution in [-0.4, -0.2) is 36.6 Å². The Morgan fingerprint density at radius 3 is 1.18 bits per heavy atom. The van der Waals surface area contributed by atoms with Crippen LogP contribution in [-0.2, 0) is 14.3 Å². The number of hydrogen-bond acceptors (Lipinski definition) is 3. The lowest BCUT2D eigenvalue weighted by atomic mass is 10.3. The summed E-state index contributed by atoms with van der Waals surface area (Å²) in [6, 6.07) is 0. The molecule has 0 aliphatic heterocycles. The van der Waals surface area contributed by atoms with Crippen LogP contribution < -0.4 is 0 Å². The van der Waals surface area contributed by atoms with Crippen molar-refractivity contribution in [3.63, 3.8) is 0 Å². The number of ether oxygens (including phenoxy) is 1. The standard InChI is InChI=1S/C6H2F8O3/c7-1(8)5(11,12)3(15)17-4(16)6(13,14)2(9)10/h1-2H. The molecule has 0 aromatic carbocycles.